The number of amides is 1. The average Bonchev–Trinajstić information content (AvgIpc) is 3.03. The Morgan fingerprint density at radius 3 is 2.30 bits per heavy atom. The Balaban J connectivity index is 0.000000738. The summed E-state index contributed by atoms with van der Waals surface area (Å²) in [5.41, 5.74) is 6.82. The molecule has 0 fully saturated rings. The lowest BCUT2D eigenvalue weighted by Crippen LogP contribution is -3.11. The fourth-order valence-corrected chi connectivity index (χ4v) is 5.02. The molecule has 1 amide bonds. The van der Waals surface area contributed by atoms with Gasteiger partial charge in [-0.25, -0.2) is 13.6 Å². The molecule has 0 saturated heterocycles. The van der Waals surface area contributed by atoms with E-state index in [1.54, 1.807) is 4.90 Å². The van der Waals surface area contributed by atoms with E-state index >= 15 is 0 Å². The minimum absolute atomic E-state index is 0.0175. The first-order valence-corrected chi connectivity index (χ1v) is 15.1. The van der Waals surface area contributed by atoms with Gasteiger partial charge in [-0.1, -0.05) is 23.7 Å². The summed E-state index contributed by atoms with van der Waals surface area (Å²) in [5.74, 6) is -5.32. The Bertz CT molecular complexity index is 1760. The smallest absolute Gasteiger partial charge is 0.336 e. The van der Waals surface area contributed by atoms with E-state index in [1.807, 2.05) is 0 Å². The van der Waals surface area contributed by atoms with Crippen molar-refractivity contribution in [2.75, 3.05) is 32.7 Å². The van der Waals surface area contributed by atoms with Gasteiger partial charge in [-0.2, -0.15) is 0 Å². The molecule has 4 rings (SSSR count). The Morgan fingerprint density at radius 1 is 0.978 bits per heavy atom. The van der Waals surface area contributed by atoms with Gasteiger partial charge >= 0.3 is 5.97 Å². The molecular weight excluding hydrogens is 600 g/mol. The molecule has 1 aliphatic heterocycles. The first kappa shape index (κ1) is 35.5. The van der Waals surface area contributed by atoms with E-state index in [2.05, 4.69) is 36.1 Å². The number of benzene rings is 3. The highest BCUT2D eigenvalue weighted by Gasteiger charge is 2.24. The largest absolute Gasteiger partial charge is 0.870 e. The quantitative estimate of drug-likeness (QED) is 0.0601. The van der Waals surface area contributed by atoms with Crippen molar-refractivity contribution in [3.05, 3.63) is 85.9 Å². The fraction of sp³-hybridized carbons (Fsp3) is 0.364. The van der Waals surface area contributed by atoms with Crippen LogP contribution in [0.5, 0.6) is 5.75 Å². The second kappa shape index (κ2) is 16.9. The van der Waals surface area contributed by atoms with E-state index in [1.165, 1.54) is 37.8 Å². The third-order valence-electron chi connectivity index (χ3n) is 7.64. The standard InChI is InChI=1S/C27H22F2N4O6.C6H15N/c28-19-10-17-23(12-21(19)34)39-24-13-22(35)20(29)11-18(24)25(17)16-9-14(5-6-15(16)27(37)38)26(36)31-7-3-1-2-4-8-32-33-30;1-4-7(5-2)6-3/h5-6,9-13,34H,1-4,7-8H2,(H,31,36)(H,37,38);4-6H2,1-3H3. The third kappa shape index (κ3) is 8.80. The van der Waals surface area contributed by atoms with Crippen molar-refractivity contribution in [2.24, 2.45) is 5.11 Å². The first-order chi connectivity index (χ1) is 22.1. The maximum atomic E-state index is 14.4. The molecule has 2 aromatic rings. The normalized spacial score (nSPS) is 10.8. The van der Waals surface area contributed by atoms with Gasteiger partial charge in [0.1, 0.15) is 17.2 Å². The number of carbonyl (C=O) groups excluding carboxylic acids is 1. The summed E-state index contributed by atoms with van der Waals surface area (Å²) in [6.45, 7) is 11.2. The number of halogens is 2. The van der Waals surface area contributed by atoms with Gasteiger partial charge in [0.05, 0.1) is 25.2 Å². The minimum Gasteiger partial charge on any atom is -0.870 e. The van der Waals surface area contributed by atoms with Crippen LogP contribution in [0.4, 0.5) is 8.78 Å². The molecule has 0 bridgehead atoms. The number of hydrogen-bond acceptors (Lipinski definition) is 6. The van der Waals surface area contributed by atoms with Crippen molar-refractivity contribution in [2.45, 2.75) is 46.5 Å². The third-order valence-corrected chi connectivity index (χ3v) is 7.64. The molecule has 1 aliphatic carbocycles. The number of azide groups is 1. The molecule has 0 saturated carbocycles. The number of nitrogens with one attached hydrogen (secondary N) is 2. The Morgan fingerprint density at radius 2 is 1.67 bits per heavy atom. The molecule has 13 heteroatoms. The van der Waals surface area contributed by atoms with Crippen LogP contribution >= 0.6 is 0 Å². The van der Waals surface area contributed by atoms with Gasteiger partial charge in [-0.05, 0) is 81.1 Å². The summed E-state index contributed by atoms with van der Waals surface area (Å²) in [6.07, 6.45) is 2.99. The van der Waals surface area contributed by atoms with E-state index in [9.17, 15) is 33.4 Å². The van der Waals surface area contributed by atoms with Gasteiger partial charge in [-0.3, -0.25) is 9.59 Å². The highest BCUT2D eigenvalue weighted by atomic mass is 19.1. The second-order valence-corrected chi connectivity index (χ2v) is 10.5. The van der Waals surface area contributed by atoms with E-state index in [4.69, 9.17) is 9.95 Å². The van der Waals surface area contributed by atoms with E-state index in [0.29, 0.717) is 19.5 Å². The lowest BCUT2D eigenvalue weighted by Gasteiger charge is -2.19. The van der Waals surface area contributed by atoms with Gasteiger partial charge in [-0.15, -0.1) is 0 Å². The van der Waals surface area contributed by atoms with Crippen LogP contribution in [-0.4, -0.2) is 49.7 Å². The number of quaternary nitrogens is 1. The summed E-state index contributed by atoms with van der Waals surface area (Å²) in [4.78, 5) is 41.3. The molecule has 0 spiro atoms. The zero-order valence-electron chi connectivity index (χ0n) is 26.0. The van der Waals surface area contributed by atoms with Crippen LogP contribution in [0, 0.1) is 11.6 Å². The van der Waals surface area contributed by atoms with Crippen molar-refractivity contribution in [1.82, 2.24) is 5.32 Å². The summed E-state index contributed by atoms with van der Waals surface area (Å²) in [6, 6.07) is 7.18. The summed E-state index contributed by atoms with van der Waals surface area (Å²) < 4.78 is 34.3. The summed E-state index contributed by atoms with van der Waals surface area (Å²) >= 11 is 0. The molecular formula is C33H37F2N5O6. The van der Waals surface area contributed by atoms with Gasteiger partial charge in [0, 0.05) is 46.1 Å². The lowest BCUT2D eigenvalue weighted by atomic mass is 9.89. The Kier molecular flexibility index (Phi) is 13.0. The molecule has 0 aromatic heterocycles. The van der Waals surface area contributed by atoms with Crippen LogP contribution in [0.15, 0.2) is 56.8 Å². The van der Waals surface area contributed by atoms with E-state index in [0.717, 1.165) is 43.5 Å². The van der Waals surface area contributed by atoms with Gasteiger partial charge in [0.2, 0.25) is 5.43 Å². The molecule has 46 heavy (non-hydrogen) atoms. The second-order valence-electron chi connectivity index (χ2n) is 10.5. The number of carboxylic acid groups (broad SMARTS) is 1. The molecule has 2 aromatic carbocycles. The predicted molar refractivity (Wildman–Crippen MR) is 168 cm³/mol. The molecule has 0 radical (unpaired) electrons. The Labute approximate surface area is 264 Å². The number of carboxylic acids is 1. The summed E-state index contributed by atoms with van der Waals surface area (Å²) in [7, 11) is 0. The first-order valence-electron chi connectivity index (χ1n) is 15.1. The fourth-order valence-electron chi connectivity index (χ4n) is 5.02. The van der Waals surface area contributed by atoms with Crippen molar-refractivity contribution < 1.29 is 37.9 Å². The van der Waals surface area contributed by atoms with Crippen LogP contribution in [-0.2, 0) is 0 Å². The molecule has 0 unspecified atom stereocenters. The summed E-state index contributed by atoms with van der Waals surface area (Å²) in [5, 5.41) is 28.0. The average molecular weight is 638 g/mol. The van der Waals surface area contributed by atoms with Crippen LogP contribution in [0.2, 0.25) is 0 Å². The lowest BCUT2D eigenvalue weighted by molar-refractivity contribution is -0.894. The predicted octanol–water partition coefficient (Wildman–Crippen LogP) is 5.15. The SMILES string of the molecule is CC[NH+](CC)CC.[N-]=[N+]=NCCCCCCNC(=O)c1ccc(C(=O)O)c(-c2c3cc(F)c(=O)cc-3oc3cc([O-])c(F)cc23)c1. The van der Waals surface area contributed by atoms with Crippen molar-refractivity contribution in [3.63, 3.8) is 0 Å². The van der Waals surface area contributed by atoms with Crippen LogP contribution < -0.4 is 20.8 Å². The molecule has 3 N–H and O–H groups in total. The number of fused-ring (bicyclic) bond motifs is 2. The van der Waals surface area contributed by atoms with Crippen molar-refractivity contribution in [1.29, 1.82) is 0 Å². The molecule has 11 nitrogen and oxygen atoms in total. The molecule has 1 heterocycles. The van der Waals surface area contributed by atoms with Crippen LogP contribution in [0.1, 0.15) is 67.2 Å². The maximum absolute atomic E-state index is 14.4. The molecule has 0 atom stereocenters. The zero-order chi connectivity index (χ0) is 33.8. The van der Waals surface area contributed by atoms with E-state index < -0.39 is 34.7 Å². The highest BCUT2D eigenvalue weighted by Crippen LogP contribution is 2.42. The highest BCUT2D eigenvalue weighted by molar-refractivity contribution is 6.09. The van der Waals surface area contributed by atoms with Crippen molar-refractivity contribution >= 4 is 22.8 Å². The van der Waals surface area contributed by atoms with Crippen LogP contribution in [0.25, 0.3) is 43.9 Å². The maximum Gasteiger partial charge on any atom is 0.336 e. The van der Waals surface area contributed by atoms with Gasteiger partial charge < -0.3 is 24.8 Å². The number of hydrogen-bond donors (Lipinski definition) is 3. The Hall–Kier alpha value is -5.00. The number of unbranched alkanes of at least 4 members (excludes halogenated alkanes) is 3. The van der Waals surface area contributed by atoms with Gasteiger partial charge in [0.25, 0.3) is 5.91 Å². The number of aromatic carboxylic acids is 1. The number of rotatable bonds is 13. The zero-order valence-corrected chi connectivity index (χ0v) is 26.0. The van der Waals surface area contributed by atoms with Crippen molar-refractivity contribution in [3.8, 4) is 28.2 Å². The van der Waals surface area contributed by atoms with Crippen LogP contribution in [0.3, 0.4) is 0 Å². The number of nitrogens with zero attached hydrogens (tertiary/aromatic N) is 3. The van der Waals surface area contributed by atoms with Gasteiger partial charge in [0.15, 0.2) is 5.82 Å². The monoisotopic (exact) mass is 637 g/mol. The molecule has 2 aliphatic rings. The minimum atomic E-state index is -1.37. The van der Waals surface area contributed by atoms with E-state index in [-0.39, 0.29) is 44.5 Å². The number of carbonyl (C=O) groups is 2. The molecule has 244 valence electrons. The topological polar surface area (TPSA) is 173 Å².